The standard InChI is InChI=1S/C15H17NO2.ClH/c1-17-15-11-13(12-5-3-2-4-6-12)7-8-14(15)18-10-9-16;/h2-8,11H,9-10,16H2,1H3;1H. The molecule has 0 radical (unpaired) electrons. The first-order valence-electron chi connectivity index (χ1n) is 5.91. The van der Waals surface area contributed by atoms with Gasteiger partial charge in [-0.2, -0.15) is 0 Å². The fourth-order valence-electron chi connectivity index (χ4n) is 1.77. The number of methoxy groups -OCH3 is 1. The Kier molecular flexibility index (Phi) is 6.19. The molecular formula is C15H18ClNO2. The maximum absolute atomic E-state index is 5.52. The van der Waals surface area contributed by atoms with Crippen molar-refractivity contribution in [3.8, 4) is 22.6 Å². The van der Waals surface area contributed by atoms with Crippen LogP contribution in [0.3, 0.4) is 0 Å². The topological polar surface area (TPSA) is 44.5 Å². The van der Waals surface area contributed by atoms with Gasteiger partial charge in [0.25, 0.3) is 0 Å². The molecular weight excluding hydrogens is 262 g/mol. The van der Waals surface area contributed by atoms with Gasteiger partial charge in [-0.1, -0.05) is 36.4 Å². The van der Waals surface area contributed by atoms with Gasteiger partial charge in [-0.3, -0.25) is 0 Å². The Morgan fingerprint density at radius 3 is 2.32 bits per heavy atom. The van der Waals surface area contributed by atoms with E-state index in [-0.39, 0.29) is 12.4 Å². The van der Waals surface area contributed by atoms with Crippen molar-refractivity contribution >= 4 is 12.4 Å². The molecule has 2 aromatic carbocycles. The van der Waals surface area contributed by atoms with Gasteiger partial charge in [-0.25, -0.2) is 0 Å². The lowest BCUT2D eigenvalue weighted by Crippen LogP contribution is -2.11. The van der Waals surface area contributed by atoms with Crippen LogP contribution in [0.1, 0.15) is 0 Å². The third-order valence-electron chi connectivity index (χ3n) is 2.65. The summed E-state index contributed by atoms with van der Waals surface area (Å²) in [5, 5.41) is 0. The van der Waals surface area contributed by atoms with E-state index in [1.165, 1.54) is 0 Å². The summed E-state index contributed by atoms with van der Waals surface area (Å²) in [6, 6.07) is 16.1. The first kappa shape index (κ1) is 15.3. The van der Waals surface area contributed by atoms with Crippen molar-refractivity contribution < 1.29 is 9.47 Å². The molecule has 0 aromatic heterocycles. The van der Waals surface area contributed by atoms with Crippen LogP contribution in [-0.4, -0.2) is 20.3 Å². The quantitative estimate of drug-likeness (QED) is 0.915. The van der Waals surface area contributed by atoms with E-state index in [9.17, 15) is 0 Å². The van der Waals surface area contributed by atoms with Crippen LogP contribution in [0.4, 0.5) is 0 Å². The zero-order valence-electron chi connectivity index (χ0n) is 10.8. The summed E-state index contributed by atoms with van der Waals surface area (Å²) < 4.78 is 10.9. The van der Waals surface area contributed by atoms with Crippen molar-refractivity contribution in [2.75, 3.05) is 20.3 Å². The Labute approximate surface area is 119 Å². The van der Waals surface area contributed by atoms with E-state index in [4.69, 9.17) is 15.2 Å². The van der Waals surface area contributed by atoms with Gasteiger partial charge in [0.15, 0.2) is 11.5 Å². The van der Waals surface area contributed by atoms with Crippen LogP contribution in [-0.2, 0) is 0 Å². The van der Waals surface area contributed by atoms with Crippen LogP contribution >= 0.6 is 12.4 Å². The molecule has 2 rings (SSSR count). The molecule has 19 heavy (non-hydrogen) atoms. The average Bonchev–Trinajstić information content (AvgIpc) is 2.46. The maximum Gasteiger partial charge on any atom is 0.161 e. The molecule has 0 aliphatic rings. The first-order valence-corrected chi connectivity index (χ1v) is 5.91. The number of benzene rings is 2. The van der Waals surface area contributed by atoms with Crippen molar-refractivity contribution in [3.63, 3.8) is 0 Å². The Morgan fingerprint density at radius 2 is 1.68 bits per heavy atom. The van der Waals surface area contributed by atoms with Gasteiger partial charge in [0.1, 0.15) is 6.61 Å². The van der Waals surface area contributed by atoms with Crippen LogP contribution in [0.5, 0.6) is 11.5 Å². The monoisotopic (exact) mass is 279 g/mol. The highest BCUT2D eigenvalue weighted by molar-refractivity contribution is 5.85. The Hall–Kier alpha value is -1.71. The molecule has 0 saturated carbocycles. The highest BCUT2D eigenvalue weighted by atomic mass is 35.5. The summed E-state index contributed by atoms with van der Waals surface area (Å²) in [5.74, 6) is 1.45. The molecule has 0 atom stereocenters. The van der Waals surface area contributed by atoms with Gasteiger partial charge in [0.05, 0.1) is 7.11 Å². The molecule has 0 heterocycles. The van der Waals surface area contributed by atoms with Gasteiger partial charge in [0, 0.05) is 6.54 Å². The molecule has 4 heteroatoms. The van der Waals surface area contributed by atoms with E-state index in [2.05, 4.69) is 12.1 Å². The second-order valence-electron chi connectivity index (χ2n) is 3.87. The van der Waals surface area contributed by atoms with Crippen LogP contribution in [0.2, 0.25) is 0 Å². The molecule has 0 aliphatic heterocycles. The lowest BCUT2D eigenvalue weighted by atomic mass is 10.1. The van der Waals surface area contributed by atoms with Crippen LogP contribution < -0.4 is 15.2 Å². The van der Waals surface area contributed by atoms with E-state index < -0.39 is 0 Å². The zero-order valence-corrected chi connectivity index (χ0v) is 11.7. The second kappa shape index (κ2) is 7.67. The van der Waals surface area contributed by atoms with E-state index in [1.54, 1.807) is 7.11 Å². The molecule has 0 fully saturated rings. The molecule has 3 nitrogen and oxygen atoms in total. The van der Waals surface area contributed by atoms with Gasteiger partial charge in [0.2, 0.25) is 0 Å². The predicted molar refractivity (Wildman–Crippen MR) is 80.2 cm³/mol. The molecule has 0 unspecified atom stereocenters. The van der Waals surface area contributed by atoms with E-state index in [1.807, 2.05) is 36.4 Å². The minimum Gasteiger partial charge on any atom is -0.493 e. The number of nitrogens with two attached hydrogens (primary N) is 1. The second-order valence-corrected chi connectivity index (χ2v) is 3.87. The fraction of sp³-hybridized carbons (Fsp3) is 0.200. The molecule has 0 bridgehead atoms. The minimum atomic E-state index is 0. The number of halogens is 1. The smallest absolute Gasteiger partial charge is 0.161 e. The summed E-state index contributed by atoms with van der Waals surface area (Å²) in [6.07, 6.45) is 0. The Bertz CT molecular complexity index is 503. The van der Waals surface area contributed by atoms with Crippen LogP contribution in [0.25, 0.3) is 11.1 Å². The molecule has 2 aromatic rings. The number of ether oxygens (including phenoxy) is 2. The van der Waals surface area contributed by atoms with E-state index in [0.717, 1.165) is 22.6 Å². The summed E-state index contributed by atoms with van der Waals surface area (Å²) in [7, 11) is 1.64. The predicted octanol–water partition coefficient (Wildman–Crippen LogP) is 3.12. The minimum absolute atomic E-state index is 0. The van der Waals surface area contributed by atoms with E-state index in [0.29, 0.717) is 13.2 Å². The van der Waals surface area contributed by atoms with Gasteiger partial charge >= 0.3 is 0 Å². The maximum atomic E-state index is 5.52. The summed E-state index contributed by atoms with van der Waals surface area (Å²) in [4.78, 5) is 0. The molecule has 0 aliphatic carbocycles. The fourth-order valence-corrected chi connectivity index (χ4v) is 1.77. The van der Waals surface area contributed by atoms with Crippen molar-refractivity contribution in [1.82, 2.24) is 0 Å². The third-order valence-corrected chi connectivity index (χ3v) is 2.65. The summed E-state index contributed by atoms with van der Waals surface area (Å²) in [6.45, 7) is 0.977. The van der Waals surface area contributed by atoms with Gasteiger partial charge in [-0.15, -0.1) is 12.4 Å². The van der Waals surface area contributed by atoms with Gasteiger partial charge < -0.3 is 15.2 Å². The lowest BCUT2D eigenvalue weighted by Gasteiger charge is -2.11. The van der Waals surface area contributed by atoms with Crippen molar-refractivity contribution in [2.24, 2.45) is 5.73 Å². The van der Waals surface area contributed by atoms with Gasteiger partial charge in [-0.05, 0) is 23.3 Å². The summed E-state index contributed by atoms with van der Waals surface area (Å²) >= 11 is 0. The molecule has 0 spiro atoms. The largest absolute Gasteiger partial charge is 0.493 e. The van der Waals surface area contributed by atoms with Crippen molar-refractivity contribution in [3.05, 3.63) is 48.5 Å². The third kappa shape index (κ3) is 3.88. The lowest BCUT2D eigenvalue weighted by molar-refractivity contribution is 0.302. The van der Waals surface area contributed by atoms with Crippen molar-refractivity contribution in [1.29, 1.82) is 0 Å². The number of hydrogen-bond acceptors (Lipinski definition) is 3. The SMILES string of the molecule is COc1cc(-c2ccccc2)ccc1OCCN.Cl. The number of rotatable bonds is 5. The molecule has 0 saturated heterocycles. The normalized spacial score (nSPS) is 9.58. The van der Waals surface area contributed by atoms with Crippen LogP contribution in [0, 0.1) is 0 Å². The highest BCUT2D eigenvalue weighted by Gasteiger charge is 2.06. The Balaban J connectivity index is 0.00000180. The van der Waals surface area contributed by atoms with E-state index >= 15 is 0 Å². The van der Waals surface area contributed by atoms with Crippen LogP contribution in [0.15, 0.2) is 48.5 Å². The average molecular weight is 280 g/mol. The molecule has 2 N–H and O–H groups in total. The number of hydrogen-bond donors (Lipinski definition) is 1. The molecule has 0 amide bonds. The molecule has 102 valence electrons. The Morgan fingerprint density at radius 1 is 0.947 bits per heavy atom. The summed E-state index contributed by atoms with van der Waals surface area (Å²) in [5.41, 5.74) is 7.68. The van der Waals surface area contributed by atoms with Crippen molar-refractivity contribution in [2.45, 2.75) is 0 Å². The first-order chi connectivity index (χ1) is 8.85. The highest BCUT2D eigenvalue weighted by Crippen LogP contribution is 2.32. The zero-order chi connectivity index (χ0) is 12.8.